The second-order valence-corrected chi connectivity index (χ2v) is 9.11. The molecule has 1 fully saturated rings. The van der Waals surface area contributed by atoms with Gasteiger partial charge >= 0.3 is 18.0 Å². The van der Waals surface area contributed by atoms with Crippen LogP contribution in [0.4, 0.5) is 16.2 Å². The number of urea groups is 1. The highest BCUT2D eigenvalue weighted by Gasteiger charge is 2.39. The van der Waals surface area contributed by atoms with Gasteiger partial charge in [-0.25, -0.2) is 9.59 Å². The first-order valence-electron chi connectivity index (χ1n) is 11.5. The molecule has 0 aromatic heterocycles. The number of benzene rings is 3. The molecule has 1 aliphatic rings. The van der Waals surface area contributed by atoms with Crippen LogP contribution in [-0.2, 0) is 9.59 Å². The first-order valence-corrected chi connectivity index (χ1v) is 11.9. The molecule has 1 saturated heterocycles. The Labute approximate surface area is 217 Å². The third kappa shape index (κ3) is 5.65. The highest BCUT2D eigenvalue weighted by Crippen LogP contribution is 2.28. The van der Waals surface area contributed by atoms with Crippen molar-refractivity contribution in [2.45, 2.75) is 32.0 Å². The molecule has 1 heterocycles. The monoisotopic (exact) mass is 524 g/mol. The molecule has 5 N–H and O–H groups in total. The summed E-state index contributed by atoms with van der Waals surface area (Å²) in [6.07, 6.45) is -0.796. The smallest absolute Gasteiger partial charge is 0.341 e. The highest BCUT2D eigenvalue weighted by atomic mass is 35.5. The fraction of sp³-hybridized carbons (Fsp3) is 0.231. The van der Waals surface area contributed by atoms with Gasteiger partial charge in [-0.05, 0) is 54.3 Å². The number of carboxylic acid groups (broad SMARTS) is 2. The van der Waals surface area contributed by atoms with Crippen LogP contribution < -0.4 is 16.0 Å². The largest absolute Gasteiger partial charge is 0.480 e. The molecule has 0 bridgehead atoms. The molecule has 1 aliphatic heterocycles. The van der Waals surface area contributed by atoms with Crippen LogP contribution in [0, 0.1) is 6.92 Å². The molecule has 2 atom stereocenters. The van der Waals surface area contributed by atoms with Crippen molar-refractivity contribution >= 4 is 57.6 Å². The maximum atomic E-state index is 13.4. The van der Waals surface area contributed by atoms with Gasteiger partial charge in [-0.3, -0.25) is 14.5 Å². The number of likely N-dealkylation sites (tertiary alicyclic amines) is 1. The Hall–Kier alpha value is -4.15. The number of carboxylic acids is 2. The highest BCUT2D eigenvalue weighted by molar-refractivity contribution is 6.34. The zero-order chi connectivity index (χ0) is 26.7. The summed E-state index contributed by atoms with van der Waals surface area (Å²) in [4.78, 5) is 51.1. The number of para-hydroxylation sites is 1. The predicted octanol–water partition coefficient (Wildman–Crippen LogP) is 4.14. The summed E-state index contributed by atoms with van der Waals surface area (Å²) < 4.78 is 0. The summed E-state index contributed by atoms with van der Waals surface area (Å²) in [6, 6.07) is 13.8. The number of carbonyl (C=O) groups is 4. The number of hydrogen-bond donors (Lipinski definition) is 5. The van der Waals surface area contributed by atoms with Gasteiger partial charge < -0.3 is 26.2 Å². The lowest BCUT2D eigenvalue weighted by Gasteiger charge is -2.28. The summed E-state index contributed by atoms with van der Waals surface area (Å²) >= 11 is 6.21. The average Bonchev–Trinajstić information content (AvgIpc) is 3.34. The standard InChI is InChI=1S/C26H25ClN4O6/c1-14-6-4-9-18(27)21(14)29-26(37)28-19-13-16-8-3-2-7-15(16)12-17(19)23(32)30-22(25(35)36)31-11-5-10-20(31)24(33)34/h2-4,6-9,12-13,20,22H,5,10-11H2,1H3,(H,30,32)(H,33,34)(H,35,36)(H2,28,29,37)/t20-,22-/m0/s1. The van der Waals surface area contributed by atoms with E-state index in [-0.39, 0.29) is 24.2 Å². The maximum Gasteiger partial charge on any atom is 0.341 e. The molecule has 0 aliphatic carbocycles. The van der Waals surface area contributed by atoms with Crippen LogP contribution in [0.5, 0.6) is 0 Å². The lowest BCUT2D eigenvalue weighted by molar-refractivity contribution is -0.149. The van der Waals surface area contributed by atoms with Crippen molar-refractivity contribution in [3.63, 3.8) is 0 Å². The molecule has 192 valence electrons. The number of halogens is 1. The van der Waals surface area contributed by atoms with Crippen molar-refractivity contribution in [2.75, 3.05) is 17.2 Å². The molecule has 10 nitrogen and oxygen atoms in total. The number of aliphatic carboxylic acids is 2. The van der Waals surface area contributed by atoms with Gasteiger partial charge in [0, 0.05) is 6.54 Å². The lowest BCUT2D eigenvalue weighted by Crippen LogP contribution is -2.56. The molecule has 3 aromatic carbocycles. The number of fused-ring (bicyclic) bond motifs is 1. The summed E-state index contributed by atoms with van der Waals surface area (Å²) in [5, 5.41) is 28.8. The fourth-order valence-corrected chi connectivity index (χ4v) is 4.71. The molecule has 0 radical (unpaired) electrons. The minimum Gasteiger partial charge on any atom is -0.480 e. The molecule has 3 amide bonds. The van der Waals surface area contributed by atoms with Crippen LogP contribution in [0.15, 0.2) is 54.6 Å². The van der Waals surface area contributed by atoms with E-state index in [1.807, 2.05) is 0 Å². The van der Waals surface area contributed by atoms with Gasteiger partial charge in [0.05, 0.1) is 22.0 Å². The summed E-state index contributed by atoms with van der Waals surface area (Å²) in [5.41, 5.74) is 1.30. The van der Waals surface area contributed by atoms with Gasteiger partial charge in [-0.1, -0.05) is 48.0 Å². The van der Waals surface area contributed by atoms with Crippen molar-refractivity contribution in [1.82, 2.24) is 10.2 Å². The minimum atomic E-state index is -1.56. The van der Waals surface area contributed by atoms with E-state index in [0.29, 0.717) is 22.5 Å². The van der Waals surface area contributed by atoms with Gasteiger partial charge in [0.2, 0.25) is 0 Å². The van der Waals surface area contributed by atoms with Gasteiger partial charge in [0.25, 0.3) is 5.91 Å². The van der Waals surface area contributed by atoms with Gasteiger partial charge in [0.1, 0.15) is 6.04 Å². The number of aryl methyl sites for hydroxylation is 1. The molecule has 37 heavy (non-hydrogen) atoms. The van der Waals surface area contributed by atoms with Gasteiger partial charge in [-0.2, -0.15) is 0 Å². The number of amides is 3. The van der Waals surface area contributed by atoms with Crippen LogP contribution in [0.25, 0.3) is 10.8 Å². The van der Waals surface area contributed by atoms with E-state index in [1.165, 1.54) is 4.90 Å². The number of hydrogen-bond acceptors (Lipinski definition) is 5. The summed E-state index contributed by atoms with van der Waals surface area (Å²) in [6.45, 7) is 1.99. The Kier molecular flexibility index (Phi) is 7.61. The van der Waals surface area contributed by atoms with E-state index in [4.69, 9.17) is 11.6 Å². The lowest BCUT2D eigenvalue weighted by atomic mass is 10.0. The number of nitrogens with zero attached hydrogens (tertiary/aromatic N) is 1. The quantitative estimate of drug-likeness (QED) is 0.312. The zero-order valence-corrected chi connectivity index (χ0v) is 20.6. The molecule has 11 heteroatoms. The maximum absolute atomic E-state index is 13.4. The Balaban J connectivity index is 1.65. The van der Waals surface area contributed by atoms with E-state index in [2.05, 4.69) is 16.0 Å². The summed E-state index contributed by atoms with van der Waals surface area (Å²) in [5.74, 6) is -3.32. The van der Waals surface area contributed by atoms with Crippen LogP contribution in [-0.4, -0.2) is 57.7 Å². The van der Waals surface area contributed by atoms with E-state index in [9.17, 15) is 29.4 Å². The van der Waals surface area contributed by atoms with Crippen molar-refractivity contribution in [3.8, 4) is 0 Å². The number of rotatable bonds is 7. The molecule has 0 spiro atoms. The van der Waals surface area contributed by atoms with E-state index in [0.717, 1.165) is 10.9 Å². The third-order valence-corrected chi connectivity index (χ3v) is 6.57. The van der Waals surface area contributed by atoms with Crippen LogP contribution in [0.3, 0.4) is 0 Å². The van der Waals surface area contributed by atoms with E-state index >= 15 is 0 Å². The van der Waals surface area contributed by atoms with Crippen molar-refractivity contribution in [2.24, 2.45) is 0 Å². The topological polar surface area (TPSA) is 148 Å². The Morgan fingerprint density at radius 3 is 2.35 bits per heavy atom. The normalized spacial score (nSPS) is 16.2. The molecule has 3 aromatic rings. The summed E-state index contributed by atoms with van der Waals surface area (Å²) in [7, 11) is 0. The molecule has 0 saturated carbocycles. The number of nitrogens with one attached hydrogen (secondary N) is 3. The minimum absolute atomic E-state index is 0.0158. The SMILES string of the molecule is Cc1cccc(Cl)c1NC(=O)Nc1cc2ccccc2cc1C(=O)N[C@H](C(=O)O)N1CCC[C@H]1C(=O)O. The predicted molar refractivity (Wildman–Crippen MR) is 139 cm³/mol. The second kappa shape index (κ2) is 10.9. The third-order valence-electron chi connectivity index (χ3n) is 6.25. The van der Waals surface area contributed by atoms with E-state index in [1.54, 1.807) is 61.5 Å². The fourth-order valence-electron chi connectivity index (χ4n) is 4.44. The van der Waals surface area contributed by atoms with Crippen molar-refractivity contribution < 1.29 is 29.4 Å². The first kappa shape index (κ1) is 25.9. The van der Waals surface area contributed by atoms with Crippen molar-refractivity contribution in [1.29, 1.82) is 0 Å². The molecule has 0 unspecified atom stereocenters. The Bertz CT molecular complexity index is 1370. The van der Waals surface area contributed by atoms with Crippen LogP contribution >= 0.6 is 11.6 Å². The number of carbonyl (C=O) groups excluding carboxylic acids is 2. The van der Waals surface area contributed by atoms with Crippen molar-refractivity contribution in [3.05, 3.63) is 70.7 Å². The number of anilines is 2. The second-order valence-electron chi connectivity index (χ2n) is 8.70. The molecular formula is C26H25ClN4O6. The van der Waals surface area contributed by atoms with E-state index < -0.39 is 36.1 Å². The first-order chi connectivity index (χ1) is 17.7. The Morgan fingerprint density at radius 1 is 1.00 bits per heavy atom. The molecular weight excluding hydrogens is 500 g/mol. The van der Waals surface area contributed by atoms with Crippen LogP contribution in [0.2, 0.25) is 5.02 Å². The van der Waals surface area contributed by atoms with Gasteiger partial charge in [0.15, 0.2) is 6.17 Å². The molecule has 4 rings (SSSR count). The zero-order valence-electron chi connectivity index (χ0n) is 19.8. The Morgan fingerprint density at radius 2 is 1.70 bits per heavy atom. The average molecular weight is 525 g/mol. The van der Waals surface area contributed by atoms with Crippen LogP contribution in [0.1, 0.15) is 28.8 Å². The van der Waals surface area contributed by atoms with Gasteiger partial charge in [-0.15, -0.1) is 0 Å².